The second-order valence-corrected chi connectivity index (χ2v) is 9.56. The summed E-state index contributed by atoms with van der Waals surface area (Å²) in [6.45, 7) is 7.01. The molecule has 0 aliphatic carbocycles. The number of nitrogens with one attached hydrogen (secondary N) is 1. The monoisotopic (exact) mass is 449 g/mol. The Morgan fingerprint density at radius 3 is 2.69 bits per heavy atom. The topological polar surface area (TPSA) is 54.5 Å². The highest BCUT2D eigenvalue weighted by Crippen LogP contribution is 2.31. The van der Waals surface area contributed by atoms with Gasteiger partial charge in [0.15, 0.2) is 0 Å². The fourth-order valence-corrected chi connectivity index (χ4v) is 4.93. The number of pyridine rings is 1. The third-order valence-corrected chi connectivity index (χ3v) is 6.69. The number of rotatable bonds is 8. The third-order valence-electron chi connectivity index (χ3n) is 5.82. The van der Waals surface area contributed by atoms with Gasteiger partial charge in [0.05, 0.1) is 22.7 Å². The fraction of sp³-hybridized carbons (Fsp3) is 0.385. The van der Waals surface area contributed by atoms with Gasteiger partial charge in [-0.25, -0.2) is 0 Å². The van der Waals surface area contributed by atoms with Crippen molar-refractivity contribution in [1.82, 2.24) is 15.2 Å². The van der Waals surface area contributed by atoms with Crippen LogP contribution in [-0.2, 0) is 6.54 Å². The van der Waals surface area contributed by atoms with E-state index >= 15 is 0 Å². The number of carbonyl (C=O) groups excluding carboxylic acids is 1. The van der Waals surface area contributed by atoms with Crippen LogP contribution in [-0.4, -0.2) is 35.0 Å². The predicted octanol–water partition coefficient (Wildman–Crippen LogP) is 5.31. The molecule has 1 aromatic carbocycles. The average Bonchev–Trinajstić information content (AvgIpc) is 3.34. The summed E-state index contributed by atoms with van der Waals surface area (Å²) >= 11 is 1.47. The van der Waals surface area contributed by atoms with E-state index in [0.29, 0.717) is 5.92 Å². The maximum Gasteiger partial charge on any atom is 0.261 e. The van der Waals surface area contributed by atoms with Crippen LogP contribution < -0.4 is 10.1 Å². The molecule has 0 saturated carbocycles. The van der Waals surface area contributed by atoms with Crippen LogP contribution in [0.5, 0.6) is 5.75 Å². The highest BCUT2D eigenvalue weighted by molar-refractivity contribution is 7.12. The Hall–Kier alpha value is -2.70. The smallest absolute Gasteiger partial charge is 0.261 e. The summed E-state index contributed by atoms with van der Waals surface area (Å²) in [4.78, 5) is 20.6. The van der Waals surface area contributed by atoms with Gasteiger partial charge in [0.25, 0.3) is 5.91 Å². The molecule has 1 aliphatic rings. The first-order valence-corrected chi connectivity index (χ1v) is 12.2. The zero-order valence-corrected chi connectivity index (χ0v) is 19.6. The van der Waals surface area contributed by atoms with E-state index in [0.717, 1.165) is 48.8 Å². The second kappa shape index (κ2) is 10.7. The lowest BCUT2D eigenvalue weighted by atomic mass is 9.87. The summed E-state index contributed by atoms with van der Waals surface area (Å²) in [5.41, 5.74) is 2.21. The molecule has 4 rings (SSSR count). The summed E-state index contributed by atoms with van der Waals surface area (Å²) in [7, 11) is 0. The number of piperidine rings is 1. The van der Waals surface area contributed by atoms with Crippen molar-refractivity contribution in [3.63, 3.8) is 0 Å². The van der Waals surface area contributed by atoms with E-state index in [4.69, 9.17) is 4.74 Å². The van der Waals surface area contributed by atoms with Crippen LogP contribution in [0.4, 0.5) is 0 Å². The van der Waals surface area contributed by atoms with Crippen LogP contribution in [0.15, 0.2) is 66.2 Å². The number of thiophene rings is 1. The van der Waals surface area contributed by atoms with Crippen molar-refractivity contribution in [2.75, 3.05) is 13.1 Å². The summed E-state index contributed by atoms with van der Waals surface area (Å²) in [5, 5.41) is 5.20. The third kappa shape index (κ3) is 5.96. The van der Waals surface area contributed by atoms with Crippen LogP contribution >= 0.6 is 11.3 Å². The molecule has 1 fully saturated rings. The van der Waals surface area contributed by atoms with E-state index in [2.05, 4.69) is 33.4 Å². The van der Waals surface area contributed by atoms with Crippen molar-refractivity contribution in [3.8, 4) is 5.75 Å². The van der Waals surface area contributed by atoms with Gasteiger partial charge < -0.3 is 10.1 Å². The Kier molecular flexibility index (Phi) is 7.55. The lowest BCUT2D eigenvalue weighted by Gasteiger charge is -2.36. The van der Waals surface area contributed by atoms with E-state index in [9.17, 15) is 4.79 Å². The number of benzene rings is 1. The normalized spacial score (nSPS) is 16.1. The molecule has 1 saturated heterocycles. The Balaban J connectivity index is 1.39. The number of nitrogens with zero attached hydrogens (tertiary/aromatic N) is 2. The average molecular weight is 450 g/mol. The van der Waals surface area contributed by atoms with Crippen molar-refractivity contribution in [1.29, 1.82) is 0 Å². The molecule has 0 bridgehead atoms. The van der Waals surface area contributed by atoms with E-state index in [1.807, 2.05) is 55.6 Å². The zero-order valence-electron chi connectivity index (χ0n) is 18.7. The highest BCUT2D eigenvalue weighted by atomic mass is 32.1. The largest absolute Gasteiger partial charge is 0.491 e. The van der Waals surface area contributed by atoms with E-state index < -0.39 is 0 Å². The summed E-state index contributed by atoms with van der Waals surface area (Å²) in [5.74, 6) is 1.28. The molecule has 1 unspecified atom stereocenters. The van der Waals surface area contributed by atoms with Gasteiger partial charge in [-0.2, -0.15) is 0 Å². The van der Waals surface area contributed by atoms with Gasteiger partial charge in [0.1, 0.15) is 5.75 Å². The molecule has 1 aliphatic heterocycles. The van der Waals surface area contributed by atoms with Crippen LogP contribution in [0.2, 0.25) is 0 Å². The maximum atomic E-state index is 12.8. The molecule has 3 heterocycles. The van der Waals surface area contributed by atoms with Crippen molar-refractivity contribution in [2.24, 2.45) is 5.92 Å². The zero-order chi connectivity index (χ0) is 22.3. The molecule has 1 amide bonds. The van der Waals surface area contributed by atoms with Crippen molar-refractivity contribution < 1.29 is 9.53 Å². The molecule has 6 heteroatoms. The molecule has 1 N–H and O–H groups in total. The molecule has 168 valence electrons. The summed E-state index contributed by atoms with van der Waals surface area (Å²) in [6, 6.07) is 18.0. The van der Waals surface area contributed by atoms with Crippen molar-refractivity contribution in [2.45, 2.75) is 45.4 Å². The lowest BCUT2D eigenvalue weighted by Crippen LogP contribution is -2.40. The maximum absolute atomic E-state index is 12.8. The predicted molar refractivity (Wildman–Crippen MR) is 129 cm³/mol. The van der Waals surface area contributed by atoms with Crippen LogP contribution in [0.1, 0.15) is 53.7 Å². The molecular weight excluding hydrogens is 418 g/mol. The number of hydrogen-bond donors (Lipinski definition) is 1. The molecule has 5 nitrogen and oxygen atoms in total. The number of ether oxygens (including phenoxy) is 1. The van der Waals surface area contributed by atoms with Crippen molar-refractivity contribution >= 4 is 17.2 Å². The van der Waals surface area contributed by atoms with Gasteiger partial charge in [0, 0.05) is 12.7 Å². The number of amides is 1. The van der Waals surface area contributed by atoms with Gasteiger partial charge in [-0.15, -0.1) is 11.3 Å². The van der Waals surface area contributed by atoms with Crippen LogP contribution in [0, 0.1) is 5.92 Å². The minimum atomic E-state index is -0.0734. The second-order valence-electron chi connectivity index (χ2n) is 8.61. The van der Waals surface area contributed by atoms with Gasteiger partial charge in [-0.3, -0.25) is 14.7 Å². The molecule has 0 radical (unpaired) electrons. The fourth-order valence-electron chi connectivity index (χ4n) is 4.31. The number of likely N-dealkylation sites (tertiary alicyclic amines) is 1. The van der Waals surface area contributed by atoms with Crippen LogP contribution in [0.3, 0.4) is 0 Å². The van der Waals surface area contributed by atoms with Gasteiger partial charge in [-0.1, -0.05) is 24.3 Å². The van der Waals surface area contributed by atoms with Gasteiger partial charge in [-0.05, 0) is 87.0 Å². The Bertz CT molecular complexity index is 983. The van der Waals surface area contributed by atoms with E-state index in [1.54, 1.807) is 6.20 Å². The number of carbonyl (C=O) groups is 1. The molecule has 0 spiro atoms. The first-order valence-electron chi connectivity index (χ1n) is 11.3. The first-order chi connectivity index (χ1) is 15.6. The highest BCUT2D eigenvalue weighted by Gasteiger charge is 2.30. The first kappa shape index (κ1) is 22.5. The van der Waals surface area contributed by atoms with Crippen molar-refractivity contribution in [3.05, 3.63) is 82.3 Å². The standard InChI is InChI=1S/C26H31N3O2S/c1-19(2)31-22-8-5-7-20(17-22)18-29-14-11-21(12-15-29)25(23-9-3-4-13-27-23)28-26(30)24-10-6-16-32-24/h3-10,13,16-17,19,21,25H,11-12,14-15,18H2,1-2H3,(H,28,30). The molecule has 3 aromatic rings. The number of hydrogen-bond acceptors (Lipinski definition) is 5. The Labute approximate surface area is 194 Å². The lowest BCUT2D eigenvalue weighted by molar-refractivity contribution is 0.0892. The van der Waals surface area contributed by atoms with E-state index in [-0.39, 0.29) is 18.1 Å². The minimum absolute atomic E-state index is 0.0138. The Morgan fingerprint density at radius 1 is 1.16 bits per heavy atom. The SMILES string of the molecule is CC(C)Oc1cccc(CN2CCC(C(NC(=O)c3cccs3)c3ccccn3)CC2)c1. The minimum Gasteiger partial charge on any atom is -0.491 e. The van der Waals surface area contributed by atoms with Gasteiger partial charge >= 0.3 is 0 Å². The summed E-state index contributed by atoms with van der Waals surface area (Å²) in [6.07, 6.45) is 4.03. The van der Waals surface area contributed by atoms with Crippen LogP contribution in [0.25, 0.3) is 0 Å². The molecule has 1 atom stereocenters. The molecule has 2 aromatic heterocycles. The Morgan fingerprint density at radius 2 is 2.00 bits per heavy atom. The number of aromatic nitrogens is 1. The molecular formula is C26H31N3O2S. The summed E-state index contributed by atoms with van der Waals surface area (Å²) < 4.78 is 5.84. The quantitative estimate of drug-likeness (QED) is 0.506. The molecule has 32 heavy (non-hydrogen) atoms. The van der Waals surface area contributed by atoms with E-state index in [1.165, 1.54) is 16.9 Å². The van der Waals surface area contributed by atoms with Gasteiger partial charge in [0.2, 0.25) is 0 Å².